The molecule has 176 valence electrons. The number of nitrogens with zero attached hydrogens (tertiary/aromatic N) is 2. The molecule has 0 spiro atoms. The van der Waals surface area contributed by atoms with Gasteiger partial charge in [0.1, 0.15) is 0 Å². The number of carbonyl (C=O) groups is 2. The number of para-hydroxylation sites is 1. The molecule has 0 aliphatic heterocycles. The number of fused-ring (bicyclic) bond motifs is 1. The molecule has 0 saturated heterocycles. The van der Waals surface area contributed by atoms with Gasteiger partial charge in [-0.05, 0) is 0 Å². The first-order chi connectivity index (χ1) is 16.7. The molecule has 3 aromatic carbocycles. The van der Waals surface area contributed by atoms with Gasteiger partial charge in [0.25, 0.3) is 0 Å². The van der Waals surface area contributed by atoms with Gasteiger partial charge in [0, 0.05) is 0 Å². The average molecular weight is 538 g/mol. The Balaban J connectivity index is 1.59. The molecule has 1 unspecified atom stereocenters. The molecule has 0 amide bonds. The van der Waals surface area contributed by atoms with E-state index in [0.717, 1.165) is 18.2 Å². The van der Waals surface area contributed by atoms with Crippen molar-refractivity contribution in [1.82, 2.24) is 4.98 Å². The van der Waals surface area contributed by atoms with E-state index < -0.39 is 53.1 Å². The molecule has 35 heavy (non-hydrogen) atoms. The number of halogens is 2. The van der Waals surface area contributed by atoms with Crippen molar-refractivity contribution in [2.45, 2.75) is 11.1 Å². The van der Waals surface area contributed by atoms with Gasteiger partial charge in [0.15, 0.2) is 0 Å². The van der Waals surface area contributed by atoms with E-state index in [4.69, 9.17) is 0 Å². The van der Waals surface area contributed by atoms with Crippen molar-refractivity contribution < 1.29 is 28.4 Å². The predicted molar refractivity (Wildman–Crippen MR) is 127 cm³/mol. The third kappa shape index (κ3) is 5.25. The average Bonchev–Trinajstić information content (AvgIpc) is 2.83. The quantitative estimate of drug-likeness (QED) is 0.197. The van der Waals surface area contributed by atoms with Crippen LogP contribution in [0.15, 0.2) is 72.8 Å². The summed E-state index contributed by atoms with van der Waals surface area (Å²) in [6.07, 6.45) is 0.0129. The fourth-order valence-electron chi connectivity index (χ4n) is 3.68. The maximum absolute atomic E-state index is 13.9. The van der Waals surface area contributed by atoms with Crippen molar-refractivity contribution in [2.75, 3.05) is 0 Å². The molecule has 4 rings (SSSR count). The maximum atomic E-state index is 13.9. The van der Waals surface area contributed by atoms with Crippen LogP contribution in [0.3, 0.4) is 0 Å². The monoisotopic (exact) mass is 538 g/mol. The van der Waals surface area contributed by atoms with Crippen LogP contribution in [0.1, 0.15) is 15.9 Å². The van der Waals surface area contributed by atoms with Gasteiger partial charge in [-0.2, -0.15) is 0 Å². The third-order valence-corrected chi connectivity index (χ3v) is 8.12. The van der Waals surface area contributed by atoms with Crippen LogP contribution in [0.4, 0.5) is 14.5 Å². The number of rotatable bonds is 8. The predicted octanol–water partition coefficient (Wildman–Crippen LogP) is 4.78. The molecule has 7 nitrogen and oxygen atoms in total. The Kier molecular flexibility index (Phi) is 6.98. The Morgan fingerprint density at radius 3 is 2.40 bits per heavy atom. The van der Waals surface area contributed by atoms with Crippen LogP contribution >= 0.6 is 0 Å². The summed E-state index contributed by atoms with van der Waals surface area (Å²) in [6.45, 7) is 0. The fourth-order valence-corrected chi connectivity index (χ4v) is 6.12. The molecule has 0 aliphatic carbocycles. The van der Waals surface area contributed by atoms with E-state index in [1.807, 2.05) is 0 Å². The van der Waals surface area contributed by atoms with E-state index in [1.165, 1.54) is 6.07 Å². The normalized spacial score (nSPS) is 12.2. The molecule has 1 N–H and O–H groups in total. The Morgan fingerprint density at radius 1 is 1.00 bits per heavy atom. The molecule has 1 heterocycles. The molecule has 0 aliphatic rings. The summed E-state index contributed by atoms with van der Waals surface area (Å²) in [7, 11) is 0. The molecule has 10 heteroatoms. The Hall–Kier alpha value is -3.97. The number of carboxylic acid groups (broad SMARTS) is 1. The number of carbonyl (C=O) groups excluding carboxylic acids is 1. The summed E-state index contributed by atoms with van der Waals surface area (Å²) in [5.41, 5.74) is 1.21. The first-order valence-corrected chi connectivity index (χ1v) is 12.6. The SMILES string of the molecule is O=C([AsH][C@@H](Cc1ccc2nc(-c3ccccc3[N+](=O)[O-])ccc2c1)C(=O)O)c1c(F)cccc1F. The van der Waals surface area contributed by atoms with Gasteiger partial charge in [-0.15, -0.1) is 0 Å². The fraction of sp³-hybridized carbons (Fsp3) is 0.0800. The molecule has 0 bridgehead atoms. The molecule has 1 aromatic heterocycles. The second-order valence-electron chi connectivity index (χ2n) is 7.66. The van der Waals surface area contributed by atoms with Gasteiger partial charge < -0.3 is 0 Å². The summed E-state index contributed by atoms with van der Waals surface area (Å²) in [5, 5.41) is 21.7. The zero-order chi connectivity index (χ0) is 25.1. The third-order valence-electron chi connectivity index (χ3n) is 5.36. The zero-order valence-electron chi connectivity index (χ0n) is 17.9. The molecule has 0 saturated carbocycles. The second-order valence-corrected chi connectivity index (χ2v) is 10.7. The van der Waals surface area contributed by atoms with Gasteiger partial charge in [0.05, 0.1) is 0 Å². The molecule has 0 radical (unpaired) electrons. The summed E-state index contributed by atoms with van der Waals surface area (Å²) < 4.78 is 26.0. The van der Waals surface area contributed by atoms with E-state index >= 15 is 0 Å². The van der Waals surface area contributed by atoms with Gasteiger partial charge >= 0.3 is 204 Å². The van der Waals surface area contributed by atoms with Gasteiger partial charge in [-0.1, -0.05) is 0 Å². The van der Waals surface area contributed by atoms with E-state index in [0.29, 0.717) is 27.7 Å². The standard InChI is InChI=1S/C25H17AsF2N2O5/c27-18-5-3-6-19(28)23(18)24(31)26-17(25(32)33)13-14-8-10-20-15(12-14)9-11-21(29-20)16-4-1-2-7-22(16)30(34)35/h1-12,17,26H,13H2,(H,32,33)/t17-/m0/s1. The van der Waals surface area contributed by atoms with Crippen molar-refractivity contribution in [3.8, 4) is 11.3 Å². The van der Waals surface area contributed by atoms with E-state index in [9.17, 15) is 33.6 Å². The summed E-state index contributed by atoms with van der Waals surface area (Å²) in [5.74, 6) is -3.22. The number of nitro groups is 1. The van der Waals surface area contributed by atoms with Crippen LogP contribution in [0.2, 0.25) is 4.71 Å². The number of hydrogen-bond acceptors (Lipinski definition) is 5. The number of aromatic nitrogens is 1. The van der Waals surface area contributed by atoms with Crippen molar-refractivity contribution >= 4 is 42.9 Å². The van der Waals surface area contributed by atoms with Crippen molar-refractivity contribution in [1.29, 1.82) is 0 Å². The van der Waals surface area contributed by atoms with Crippen LogP contribution in [-0.2, 0) is 11.2 Å². The van der Waals surface area contributed by atoms with Crippen LogP contribution in [-0.4, -0.2) is 41.3 Å². The van der Waals surface area contributed by atoms with Crippen LogP contribution in [0.5, 0.6) is 0 Å². The molecular weight excluding hydrogens is 521 g/mol. The Labute approximate surface area is 204 Å². The summed E-state index contributed by atoms with van der Waals surface area (Å²) >= 11 is -1.93. The van der Waals surface area contributed by atoms with Crippen LogP contribution in [0.25, 0.3) is 22.2 Å². The van der Waals surface area contributed by atoms with Crippen molar-refractivity contribution in [2.24, 2.45) is 0 Å². The minimum atomic E-state index is -1.93. The van der Waals surface area contributed by atoms with E-state index in [-0.39, 0.29) is 12.1 Å². The number of pyridine rings is 1. The minimum absolute atomic E-state index is 0.0129. The first kappa shape index (κ1) is 24.2. The van der Waals surface area contributed by atoms with Gasteiger partial charge in [-0.25, -0.2) is 0 Å². The molecule has 0 fully saturated rings. The number of carboxylic acids is 1. The number of aliphatic carboxylic acids is 1. The molecular formula is C25H17AsF2N2O5. The van der Waals surface area contributed by atoms with Crippen LogP contribution in [0, 0.1) is 21.7 Å². The zero-order valence-corrected chi connectivity index (χ0v) is 20.0. The van der Waals surface area contributed by atoms with E-state index in [2.05, 4.69) is 4.98 Å². The number of nitro benzene ring substituents is 1. The van der Waals surface area contributed by atoms with Gasteiger partial charge in [-0.3, -0.25) is 0 Å². The van der Waals surface area contributed by atoms with Gasteiger partial charge in [0.2, 0.25) is 0 Å². The summed E-state index contributed by atoms with van der Waals surface area (Å²) in [4.78, 5) is 39.7. The first-order valence-electron chi connectivity index (χ1n) is 10.4. The Morgan fingerprint density at radius 2 is 1.71 bits per heavy atom. The number of benzene rings is 3. The number of hydrogen-bond donors (Lipinski definition) is 1. The summed E-state index contributed by atoms with van der Waals surface area (Å²) in [6, 6.07) is 17.7. The molecule has 4 aromatic rings. The van der Waals surface area contributed by atoms with Crippen molar-refractivity contribution in [3.63, 3.8) is 0 Å². The van der Waals surface area contributed by atoms with Crippen LogP contribution < -0.4 is 0 Å². The molecule has 2 atom stereocenters. The van der Waals surface area contributed by atoms with Crippen molar-refractivity contribution in [3.05, 3.63) is 106 Å². The Bertz CT molecular complexity index is 1460. The second kappa shape index (κ2) is 10.1. The van der Waals surface area contributed by atoms with E-state index in [1.54, 1.807) is 48.5 Å². The topological polar surface area (TPSA) is 110 Å².